The standard InChI is InChI=1S/C27H23N3O2/c1-19-7-5-8-20(13-19)17-30-18-22(25-11-3-4-12-26(25)30)14-21(16-28)27(31)29-23-9-6-10-24(15-23)32-2/h3-15,18H,17H2,1-2H3,(H,29,31)/b21-14-. The molecule has 3 aromatic carbocycles. The molecule has 0 fully saturated rings. The highest BCUT2D eigenvalue weighted by molar-refractivity contribution is 6.10. The summed E-state index contributed by atoms with van der Waals surface area (Å²) in [5.74, 6) is 0.167. The zero-order valence-electron chi connectivity index (χ0n) is 18.0. The molecule has 0 spiro atoms. The van der Waals surface area contributed by atoms with Crippen molar-refractivity contribution in [3.8, 4) is 11.8 Å². The first-order chi connectivity index (χ1) is 15.6. The molecule has 0 aliphatic rings. The first-order valence-corrected chi connectivity index (χ1v) is 10.3. The molecule has 5 nitrogen and oxygen atoms in total. The summed E-state index contributed by atoms with van der Waals surface area (Å²) >= 11 is 0. The Labute approximate surface area is 187 Å². The van der Waals surface area contributed by atoms with E-state index in [4.69, 9.17) is 4.74 Å². The molecule has 0 saturated heterocycles. The van der Waals surface area contributed by atoms with E-state index in [0.717, 1.165) is 16.5 Å². The number of nitriles is 1. The Morgan fingerprint density at radius 3 is 2.69 bits per heavy atom. The smallest absolute Gasteiger partial charge is 0.266 e. The van der Waals surface area contributed by atoms with E-state index >= 15 is 0 Å². The van der Waals surface area contributed by atoms with Gasteiger partial charge < -0.3 is 14.6 Å². The van der Waals surface area contributed by atoms with Crippen LogP contribution in [0.1, 0.15) is 16.7 Å². The molecule has 0 unspecified atom stereocenters. The number of carbonyl (C=O) groups excluding carboxylic acids is 1. The lowest BCUT2D eigenvalue weighted by Gasteiger charge is -2.06. The number of hydrogen-bond donors (Lipinski definition) is 1. The summed E-state index contributed by atoms with van der Waals surface area (Å²) in [4.78, 5) is 12.8. The molecular weight excluding hydrogens is 398 g/mol. The molecule has 158 valence electrons. The summed E-state index contributed by atoms with van der Waals surface area (Å²) in [6.07, 6.45) is 3.63. The summed E-state index contributed by atoms with van der Waals surface area (Å²) < 4.78 is 7.34. The molecule has 32 heavy (non-hydrogen) atoms. The highest BCUT2D eigenvalue weighted by Gasteiger charge is 2.13. The lowest BCUT2D eigenvalue weighted by atomic mass is 10.1. The van der Waals surface area contributed by atoms with E-state index in [1.165, 1.54) is 11.1 Å². The number of aromatic nitrogens is 1. The third-order valence-corrected chi connectivity index (χ3v) is 5.25. The van der Waals surface area contributed by atoms with Gasteiger partial charge in [0.1, 0.15) is 17.4 Å². The van der Waals surface area contributed by atoms with Crippen LogP contribution in [0.15, 0.2) is 84.6 Å². The van der Waals surface area contributed by atoms with Crippen LogP contribution in [-0.2, 0) is 11.3 Å². The SMILES string of the molecule is COc1cccc(NC(=O)/C(C#N)=C\c2cn(Cc3cccc(C)c3)c3ccccc23)c1. The minimum atomic E-state index is -0.462. The zero-order valence-corrected chi connectivity index (χ0v) is 18.0. The van der Waals surface area contributed by atoms with Crippen molar-refractivity contribution in [3.63, 3.8) is 0 Å². The fourth-order valence-corrected chi connectivity index (χ4v) is 3.73. The van der Waals surface area contributed by atoms with E-state index in [1.54, 1.807) is 37.5 Å². The fraction of sp³-hybridized carbons (Fsp3) is 0.111. The van der Waals surface area contributed by atoms with Gasteiger partial charge in [0.2, 0.25) is 0 Å². The maximum Gasteiger partial charge on any atom is 0.266 e. The molecule has 0 aliphatic carbocycles. The van der Waals surface area contributed by atoms with Crippen LogP contribution in [0.4, 0.5) is 5.69 Å². The molecule has 0 aliphatic heterocycles. The van der Waals surface area contributed by atoms with Crippen LogP contribution >= 0.6 is 0 Å². The van der Waals surface area contributed by atoms with Crippen molar-refractivity contribution in [1.82, 2.24) is 4.57 Å². The molecule has 4 rings (SSSR count). The second-order valence-corrected chi connectivity index (χ2v) is 7.57. The van der Waals surface area contributed by atoms with Crippen molar-refractivity contribution in [1.29, 1.82) is 5.26 Å². The zero-order chi connectivity index (χ0) is 22.5. The van der Waals surface area contributed by atoms with Crippen molar-refractivity contribution in [2.75, 3.05) is 12.4 Å². The Hall–Kier alpha value is -4.30. The second kappa shape index (κ2) is 9.23. The number of methoxy groups -OCH3 is 1. The number of anilines is 1. The largest absolute Gasteiger partial charge is 0.497 e. The average Bonchev–Trinajstić information content (AvgIpc) is 3.14. The first kappa shape index (κ1) is 21.0. The predicted molar refractivity (Wildman–Crippen MR) is 127 cm³/mol. The van der Waals surface area contributed by atoms with Crippen molar-refractivity contribution in [3.05, 3.63) is 101 Å². The Balaban J connectivity index is 1.67. The van der Waals surface area contributed by atoms with Crippen LogP contribution in [-0.4, -0.2) is 17.6 Å². The predicted octanol–water partition coefficient (Wildman–Crippen LogP) is 5.55. The first-order valence-electron chi connectivity index (χ1n) is 10.3. The summed E-state index contributed by atoms with van der Waals surface area (Å²) in [6.45, 7) is 2.78. The molecule has 1 amide bonds. The van der Waals surface area contributed by atoms with Gasteiger partial charge in [-0.2, -0.15) is 5.26 Å². The lowest BCUT2D eigenvalue weighted by molar-refractivity contribution is -0.112. The Morgan fingerprint density at radius 1 is 1.09 bits per heavy atom. The molecule has 0 bridgehead atoms. The summed E-state index contributed by atoms with van der Waals surface area (Å²) in [5, 5.41) is 13.4. The average molecular weight is 422 g/mol. The molecule has 1 aromatic heterocycles. The van der Waals surface area contributed by atoms with Gasteiger partial charge in [0.15, 0.2) is 0 Å². The van der Waals surface area contributed by atoms with Crippen LogP contribution in [0.25, 0.3) is 17.0 Å². The van der Waals surface area contributed by atoms with Crippen LogP contribution in [0.2, 0.25) is 0 Å². The molecule has 5 heteroatoms. The normalized spacial score (nSPS) is 11.2. The van der Waals surface area contributed by atoms with Gasteiger partial charge in [-0.15, -0.1) is 0 Å². The van der Waals surface area contributed by atoms with Gasteiger partial charge in [-0.05, 0) is 36.8 Å². The van der Waals surface area contributed by atoms with E-state index in [2.05, 4.69) is 35.0 Å². The van der Waals surface area contributed by atoms with Crippen molar-refractivity contribution >= 4 is 28.6 Å². The molecule has 1 N–H and O–H groups in total. The number of ether oxygens (including phenoxy) is 1. The Bertz CT molecular complexity index is 1360. The van der Waals surface area contributed by atoms with Crippen molar-refractivity contribution in [2.45, 2.75) is 13.5 Å². The number of hydrogen-bond acceptors (Lipinski definition) is 3. The highest BCUT2D eigenvalue weighted by Crippen LogP contribution is 2.25. The van der Waals surface area contributed by atoms with Crippen LogP contribution in [0.3, 0.4) is 0 Å². The number of benzene rings is 3. The number of nitrogens with zero attached hydrogens (tertiary/aromatic N) is 2. The summed E-state index contributed by atoms with van der Waals surface area (Å²) in [7, 11) is 1.56. The van der Waals surface area contributed by atoms with E-state index in [0.29, 0.717) is 18.0 Å². The Kier molecular flexibility index (Phi) is 6.05. The quantitative estimate of drug-likeness (QED) is 0.328. The molecule has 4 aromatic rings. The Morgan fingerprint density at radius 2 is 1.91 bits per heavy atom. The second-order valence-electron chi connectivity index (χ2n) is 7.57. The van der Waals surface area contributed by atoms with Crippen LogP contribution in [0.5, 0.6) is 5.75 Å². The van der Waals surface area contributed by atoms with E-state index in [1.807, 2.05) is 42.6 Å². The number of fused-ring (bicyclic) bond motifs is 1. The van der Waals surface area contributed by atoms with Gasteiger partial charge in [0.25, 0.3) is 5.91 Å². The topological polar surface area (TPSA) is 67.0 Å². The van der Waals surface area contributed by atoms with Gasteiger partial charge >= 0.3 is 0 Å². The molecule has 0 saturated carbocycles. The van der Waals surface area contributed by atoms with E-state index in [9.17, 15) is 10.1 Å². The van der Waals surface area contributed by atoms with E-state index in [-0.39, 0.29) is 5.57 Å². The summed E-state index contributed by atoms with van der Waals surface area (Å²) in [6, 6.07) is 25.4. The maximum absolute atomic E-state index is 12.8. The number of aryl methyl sites for hydroxylation is 1. The van der Waals surface area contributed by atoms with Gasteiger partial charge in [0, 0.05) is 41.0 Å². The van der Waals surface area contributed by atoms with E-state index < -0.39 is 5.91 Å². The number of carbonyl (C=O) groups is 1. The number of para-hydroxylation sites is 1. The van der Waals surface area contributed by atoms with Gasteiger partial charge in [-0.1, -0.05) is 54.1 Å². The fourth-order valence-electron chi connectivity index (χ4n) is 3.73. The molecule has 0 atom stereocenters. The van der Waals surface area contributed by atoms with Crippen molar-refractivity contribution in [2.24, 2.45) is 0 Å². The lowest BCUT2D eigenvalue weighted by Crippen LogP contribution is -2.13. The maximum atomic E-state index is 12.8. The van der Waals surface area contributed by atoms with Crippen LogP contribution in [0, 0.1) is 18.3 Å². The van der Waals surface area contributed by atoms with Crippen molar-refractivity contribution < 1.29 is 9.53 Å². The molecular formula is C27H23N3O2. The molecule has 0 radical (unpaired) electrons. The van der Waals surface area contributed by atoms with Gasteiger partial charge in [-0.25, -0.2) is 0 Å². The number of nitrogens with one attached hydrogen (secondary N) is 1. The number of rotatable bonds is 6. The third kappa shape index (κ3) is 4.55. The summed E-state index contributed by atoms with van der Waals surface area (Å²) in [5.41, 5.74) is 4.87. The minimum absolute atomic E-state index is 0.0336. The third-order valence-electron chi connectivity index (χ3n) is 5.25. The highest BCUT2D eigenvalue weighted by atomic mass is 16.5. The van der Waals surface area contributed by atoms with Gasteiger partial charge in [-0.3, -0.25) is 4.79 Å². The van der Waals surface area contributed by atoms with Crippen LogP contribution < -0.4 is 10.1 Å². The monoisotopic (exact) mass is 421 g/mol. The minimum Gasteiger partial charge on any atom is -0.497 e. The molecule has 1 heterocycles. The number of amides is 1. The van der Waals surface area contributed by atoms with Gasteiger partial charge in [0.05, 0.1) is 7.11 Å².